The lowest BCUT2D eigenvalue weighted by Gasteiger charge is -2.10. The molecule has 3 rings (SSSR count). The Kier molecular flexibility index (Phi) is 3.80. The van der Waals surface area contributed by atoms with E-state index in [9.17, 15) is 0 Å². The van der Waals surface area contributed by atoms with Crippen LogP contribution in [0.25, 0.3) is 10.9 Å². The molecular formula is C15H15N7S. The number of hydrogen-bond donors (Lipinski definition) is 2. The van der Waals surface area contributed by atoms with Crippen molar-refractivity contribution in [3.05, 3.63) is 35.9 Å². The Balaban J connectivity index is 1.91. The van der Waals surface area contributed by atoms with Gasteiger partial charge >= 0.3 is 0 Å². The largest absolute Gasteiger partial charge is 0.397 e. The molecule has 0 amide bonds. The Morgan fingerprint density at radius 2 is 2.09 bits per heavy atom. The first-order chi connectivity index (χ1) is 11.0. The van der Waals surface area contributed by atoms with Gasteiger partial charge in [0.1, 0.15) is 17.6 Å². The van der Waals surface area contributed by atoms with Crippen molar-refractivity contribution in [2.75, 3.05) is 11.5 Å². The fourth-order valence-corrected chi connectivity index (χ4v) is 3.19. The number of pyridine rings is 1. The number of nitrogen functional groups attached to an aromatic ring is 2. The number of fused-ring (bicyclic) bond motifs is 1. The Bertz CT molecular complexity index is 925. The van der Waals surface area contributed by atoms with Crippen LogP contribution in [-0.4, -0.2) is 19.5 Å². The van der Waals surface area contributed by atoms with Crippen molar-refractivity contribution in [2.24, 2.45) is 7.05 Å². The van der Waals surface area contributed by atoms with Crippen LogP contribution in [-0.2, 0) is 7.05 Å². The average Bonchev–Trinajstić information content (AvgIpc) is 2.81. The topological polar surface area (TPSA) is 119 Å². The van der Waals surface area contributed by atoms with Crippen LogP contribution in [0.2, 0.25) is 0 Å². The SMILES string of the molecule is CC(Sc1nc(N)cc(C#N)n1)c1cc2c(N)cn(C)c2cn1. The van der Waals surface area contributed by atoms with Crippen LogP contribution >= 0.6 is 11.8 Å². The zero-order chi connectivity index (χ0) is 16.6. The highest BCUT2D eigenvalue weighted by Gasteiger charge is 2.14. The third-order valence-electron chi connectivity index (χ3n) is 3.47. The van der Waals surface area contributed by atoms with E-state index in [0.717, 1.165) is 22.3 Å². The molecule has 0 aliphatic carbocycles. The van der Waals surface area contributed by atoms with Crippen molar-refractivity contribution in [1.82, 2.24) is 19.5 Å². The smallest absolute Gasteiger partial charge is 0.191 e. The van der Waals surface area contributed by atoms with Crippen molar-refractivity contribution in [3.63, 3.8) is 0 Å². The molecule has 0 aliphatic rings. The van der Waals surface area contributed by atoms with Crippen LogP contribution in [0.15, 0.2) is 29.7 Å². The van der Waals surface area contributed by atoms with Gasteiger partial charge in [-0.25, -0.2) is 9.97 Å². The fraction of sp³-hybridized carbons (Fsp3) is 0.200. The van der Waals surface area contributed by atoms with Crippen LogP contribution in [0.4, 0.5) is 11.5 Å². The van der Waals surface area contributed by atoms with Gasteiger partial charge in [-0.05, 0) is 13.0 Å². The third kappa shape index (κ3) is 2.91. The summed E-state index contributed by atoms with van der Waals surface area (Å²) in [5.74, 6) is 0.280. The number of nitrogens with zero attached hydrogens (tertiary/aromatic N) is 5. The Morgan fingerprint density at radius 1 is 1.30 bits per heavy atom. The average molecular weight is 325 g/mol. The molecule has 0 bridgehead atoms. The molecule has 116 valence electrons. The summed E-state index contributed by atoms with van der Waals surface area (Å²) < 4.78 is 1.94. The molecule has 1 unspecified atom stereocenters. The first-order valence-electron chi connectivity index (χ1n) is 6.89. The summed E-state index contributed by atoms with van der Waals surface area (Å²) in [4.78, 5) is 12.8. The zero-order valence-electron chi connectivity index (χ0n) is 12.7. The minimum atomic E-state index is -0.00708. The van der Waals surface area contributed by atoms with Crippen molar-refractivity contribution >= 4 is 34.2 Å². The fourth-order valence-electron chi connectivity index (χ4n) is 2.32. The molecule has 0 saturated carbocycles. The van der Waals surface area contributed by atoms with Crippen LogP contribution in [0.1, 0.15) is 23.6 Å². The lowest BCUT2D eigenvalue weighted by molar-refractivity contribution is 0.932. The van der Waals surface area contributed by atoms with Crippen molar-refractivity contribution in [3.8, 4) is 6.07 Å². The number of aromatic nitrogens is 4. The van der Waals surface area contributed by atoms with Gasteiger partial charge in [-0.15, -0.1) is 0 Å². The molecule has 23 heavy (non-hydrogen) atoms. The summed E-state index contributed by atoms with van der Waals surface area (Å²) in [5.41, 5.74) is 14.5. The molecule has 7 nitrogen and oxygen atoms in total. The summed E-state index contributed by atoms with van der Waals surface area (Å²) >= 11 is 1.40. The highest BCUT2D eigenvalue weighted by atomic mass is 32.2. The normalized spacial score (nSPS) is 12.2. The van der Waals surface area contributed by atoms with E-state index in [4.69, 9.17) is 16.7 Å². The van der Waals surface area contributed by atoms with Gasteiger partial charge in [-0.2, -0.15) is 5.26 Å². The van der Waals surface area contributed by atoms with Gasteiger partial charge in [0, 0.05) is 24.7 Å². The first kappa shape index (κ1) is 15.1. The van der Waals surface area contributed by atoms with Gasteiger partial charge in [-0.1, -0.05) is 11.8 Å². The Labute approximate surface area is 137 Å². The molecule has 8 heteroatoms. The van der Waals surface area contributed by atoms with Crippen molar-refractivity contribution in [1.29, 1.82) is 5.26 Å². The number of rotatable bonds is 3. The summed E-state index contributed by atoms with van der Waals surface area (Å²) in [6.45, 7) is 2.00. The van der Waals surface area contributed by atoms with Gasteiger partial charge < -0.3 is 16.0 Å². The van der Waals surface area contributed by atoms with Crippen LogP contribution in [0.5, 0.6) is 0 Å². The van der Waals surface area contributed by atoms with E-state index in [1.165, 1.54) is 17.8 Å². The summed E-state index contributed by atoms with van der Waals surface area (Å²) in [6.07, 6.45) is 3.67. The number of aryl methyl sites for hydroxylation is 1. The van der Waals surface area contributed by atoms with E-state index in [1.54, 1.807) is 6.20 Å². The maximum Gasteiger partial charge on any atom is 0.191 e. The Hall–Kier alpha value is -2.79. The monoisotopic (exact) mass is 325 g/mol. The van der Waals surface area contributed by atoms with E-state index in [1.807, 2.05) is 36.9 Å². The summed E-state index contributed by atoms with van der Waals surface area (Å²) in [5, 5.41) is 10.4. The maximum absolute atomic E-state index is 8.96. The van der Waals surface area contributed by atoms with E-state index in [2.05, 4.69) is 15.0 Å². The molecule has 0 radical (unpaired) electrons. The third-order valence-corrected chi connectivity index (χ3v) is 4.45. The van der Waals surface area contributed by atoms with Crippen molar-refractivity contribution < 1.29 is 0 Å². The summed E-state index contributed by atoms with van der Waals surface area (Å²) in [7, 11) is 1.93. The molecule has 0 aliphatic heterocycles. The highest BCUT2D eigenvalue weighted by molar-refractivity contribution is 7.99. The van der Waals surface area contributed by atoms with Gasteiger partial charge in [-0.3, -0.25) is 4.98 Å². The van der Waals surface area contributed by atoms with Gasteiger partial charge in [0.05, 0.1) is 28.3 Å². The van der Waals surface area contributed by atoms with E-state index in [0.29, 0.717) is 5.16 Å². The molecule has 3 aromatic heterocycles. The molecule has 0 spiro atoms. The number of anilines is 2. The number of hydrogen-bond acceptors (Lipinski definition) is 7. The van der Waals surface area contributed by atoms with E-state index >= 15 is 0 Å². The number of nitrogens with two attached hydrogens (primary N) is 2. The van der Waals surface area contributed by atoms with Gasteiger partial charge in [0.25, 0.3) is 0 Å². The van der Waals surface area contributed by atoms with Crippen LogP contribution < -0.4 is 11.5 Å². The molecule has 0 aromatic carbocycles. The second kappa shape index (κ2) is 5.78. The molecule has 0 fully saturated rings. The van der Waals surface area contributed by atoms with Crippen LogP contribution in [0, 0.1) is 11.3 Å². The lowest BCUT2D eigenvalue weighted by Crippen LogP contribution is -2.00. The second-order valence-corrected chi connectivity index (χ2v) is 6.46. The zero-order valence-corrected chi connectivity index (χ0v) is 13.5. The van der Waals surface area contributed by atoms with Gasteiger partial charge in [0.15, 0.2) is 5.16 Å². The number of thioether (sulfide) groups is 1. The quantitative estimate of drug-likeness (QED) is 0.559. The second-order valence-electron chi connectivity index (χ2n) is 5.15. The molecule has 0 saturated heterocycles. The minimum absolute atomic E-state index is 0.00708. The van der Waals surface area contributed by atoms with Gasteiger partial charge in [0.2, 0.25) is 0 Å². The summed E-state index contributed by atoms with van der Waals surface area (Å²) in [6, 6.07) is 5.40. The highest BCUT2D eigenvalue weighted by Crippen LogP contribution is 2.34. The molecular weight excluding hydrogens is 310 g/mol. The minimum Gasteiger partial charge on any atom is -0.397 e. The van der Waals surface area contributed by atoms with Crippen LogP contribution in [0.3, 0.4) is 0 Å². The van der Waals surface area contributed by atoms with Crippen molar-refractivity contribution in [2.45, 2.75) is 17.3 Å². The van der Waals surface area contributed by atoms with E-state index < -0.39 is 0 Å². The molecule has 4 N–H and O–H groups in total. The predicted molar refractivity (Wildman–Crippen MR) is 90.6 cm³/mol. The molecule has 3 heterocycles. The first-order valence-corrected chi connectivity index (χ1v) is 7.77. The number of nitriles is 1. The molecule has 3 aromatic rings. The molecule has 1 atom stereocenters. The van der Waals surface area contributed by atoms with E-state index in [-0.39, 0.29) is 16.8 Å². The predicted octanol–water partition coefficient (Wildman–Crippen LogP) is 2.25. The maximum atomic E-state index is 8.96. The lowest BCUT2D eigenvalue weighted by atomic mass is 10.2. The Morgan fingerprint density at radius 3 is 2.83 bits per heavy atom. The standard InChI is InChI=1S/C15H15N7S/c1-8(23-15-20-9(5-16)3-14(18)21-15)12-4-10-11(17)7-22(2)13(10)6-19-12/h3-4,6-8H,17H2,1-2H3,(H2,18,20,21).